The van der Waals surface area contributed by atoms with Gasteiger partial charge in [0.25, 0.3) is 5.91 Å². The van der Waals surface area contributed by atoms with E-state index >= 15 is 0 Å². The van der Waals surface area contributed by atoms with Crippen molar-refractivity contribution in [1.29, 1.82) is 0 Å². The average molecular weight is 231 g/mol. The van der Waals surface area contributed by atoms with E-state index in [0.29, 0.717) is 12.1 Å². The summed E-state index contributed by atoms with van der Waals surface area (Å²) in [4.78, 5) is 14.9. The molecule has 1 aromatic carbocycles. The highest BCUT2D eigenvalue weighted by Gasteiger charge is 2.05. The molecule has 3 N–H and O–H groups in total. The van der Waals surface area contributed by atoms with Crippen LogP contribution in [0.2, 0.25) is 0 Å². The van der Waals surface area contributed by atoms with Crippen molar-refractivity contribution in [3.63, 3.8) is 0 Å². The number of aromatic amines is 1. The predicted octanol–water partition coefficient (Wildman–Crippen LogP) is 1.51. The van der Waals surface area contributed by atoms with Gasteiger partial charge < -0.3 is 15.6 Å². The van der Waals surface area contributed by atoms with Crippen LogP contribution in [0.3, 0.4) is 0 Å². The molecule has 1 amide bonds. The molecule has 0 aliphatic rings. The van der Waals surface area contributed by atoms with Crippen LogP contribution < -0.4 is 10.6 Å². The summed E-state index contributed by atoms with van der Waals surface area (Å²) in [5, 5.41) is 7.07. The van der Waals surface area contributed by atoms with E-state index in [1.165, 1.54) is 0 Å². The first-order valence-corrected chi connectivity index (χ1v) is 5.81. The van der Waals surface area contributed by atoms with Gasteiger partial charge in [0.2, 0.25) is 0 Å². The van der Waals surface area contributed by atoms with Crippen LogP contribution in [0.5, 0.6) is 0 Å². The molecule has 17 heavy (non-hydrogen) atoms. The second-order valence-corrected chi connectivity index (χ2v) is 3.99. The first kappa shape index (κ1) is 11.7. The number of rotatable bonds is 5. The highest BCUT2D eigenvalue weighted by molar-refractivity contribution is 5.97. The van der Waals surface area contributed by atoms with Gasteiger partial charge >= 0.3 is 0 Å². The minimum absolute atomic E-state index is 0.0161. The van der Waals surface area contributed by atoms with Gasteiger partial charge in [0, 0.05) is 23.8 Å². The lowest BCUT2D eigenvalue weighted by molar-refractivity contribution is 0.0953. The molecule has 0 aliphatic heterocycles. The number of aromatic nitrogens is 1. The number of hydrogen-bond donors (Lipinski definition) is 3. The van der Waals surface area contributed by atoms with E-state index in [-0.39, 0.29) is 5.91 Å². The fraction of sp³-hybridized carbons (Fsp3) is 0.308. The molecule has 0 saturated heterocycles. The SMILES string of the molecule is CNCCCNC(=O)c1ccc2cc[nH]c2c1. The van der Waals surface area contributed by atoms with E-state index in [1.807, 2.05) is 37.5 Å². The molecule has 0 unspecified atom stereocenters. The van der Waals surface area contributed by atoms with Crippen LogP contribution in [0, 0.1) is 0 Å². The number of fused-ring (bicyclic) bond motifs is 1. The van der Waals surface area contributed by atoms with E-state index in [0.717, 1.165) is 23.9 Å². The third-order valence-electron chi connectivity index (χ3n) is 2.71. The molecule has 90 valence electrons. The van der Waals surface area contributed by atoms with Crippen molar-refractivity contribution in [2.45, 2.75) is 6.42 Å². The minimum atomic E-state index is -0.0161. The normalized spacial score (nSPS) is 10.6. The summed E-state index contributed by atoms with van der Waals surface area (Å²) in [7, 11) is 1.90. The van der Waals surface area contributed by atoms with Gasteiger partial charge in [-0.25, -0.2) is 0 Å². The number of H-pyrrole nitrogens is 1. The molecule has 0 spiro atoms. The Bertz CT molecular complexity index is 504. The van der Waals surface area contributed by atoms with Crippen molar-refractivity contribution in [1.82, 2.24) is 15.6 Å². The first-order chi connectivity index (χ1) is 8.31. The van der Waals surface area contributed by atoms with Crippen LogP contribution in [0.25, 0.3) is 10.9 Å². The highest BCUT2D eigenvalue weighted by Crippen LogP contribution is 2.13. The molecule has 1 aromatic heterocycles. The van der Waals surface area contributed by atoms with Gasteiger partial charge in [-0.1, -0.05) is 6.07 Å². The van der Waals surface area contributed by atoms with Crippen LogP contribution in [-0.4, -0.2) is 31.0 Å². The zero-order valence-corrected chi connectivity index (χ0v) is 9.92. The first-order valence-electron chi connectivity index (χ1n) is 5.81. The minimum Gasteiger partial charge on any atom is -0.361 e. The van der Waals surface area contributed by atoms with Gasteiger partial charge in [0.1, 0.15) is 0 Å². The van der Waals surface area contributed by atoms with Crippen LogP contribution in [0.4, 0.5) is 0 Å². The Morgan fingerprint density at radius 3 is 3.00 bits per heavy atom. The number of nitrogens with one attached hydrogen (secondary N) is 3. The number of amides is 1. The second-order valence-electron chi connectivity index (χ2n) is 3.99. The molecule has 0 radical (unpaired) electrons. The van der Waals surface area contributed by atoms with Crippen LogP contribution >= 0.6 is 0 Å². The fourth-order valence-electron chi connectivity index (χ4n) is 1.76. The molecule has 1 heterocycles. The van der Waals surface area contributed by atoms with Crippen LogP contribution in [0.15, 0.2) is 30.5 Å². The summed E-state index contributed by atoms with van der Waals surface area (Å²) in [6, 6.07) is 7.67. The smallest absolute Gasteiger partial charge is 0.251 e. The van der Waals surface area contributed by atoms with Gasteiger partial charge in [-0.2, -0.15) is 0 Å². The lowest BCUT2D eigenvalue weighted by Crippen LogP contribution is -2.26. The van der Waals surface area contributed by atoms with E-state index in [9.17, 15) is 4.79 Å². The Morgan fingerprint density at radius 1 is 1.29 bits per heavy atom. The number of carbonyl (C=O) groups excluding carboxylic acids is 1. The van der Waals surface area contributed by atoms with Crippen molar-refractivity contribution in [2.75, 3.05) is 20.1 Å². The molecule has 0 aliphatic carbocycles. The van der Waals surface area contributed by atoms with Gasteiger partial charge in [-0.3, -0.25) is 4.79 Å². The van der Waals surface area contributed by atoms with E-state index < -0.39 is 0 Å². The summed E-state index contributed by atoms with van der Waals surface area (Å²) in [5.74, 6) is -0.0161. The maximum absolute atomic E-state index is 11.8. The summed E-state index contributed by atoms with van der Waals surface area (Å²) >= 11 is 0. The van der Waals surface area contributed by atoms with Crippen molar-refractivity contribution < 1.29 is 4.79 Å². The summed E-state index contributed by atoms with van der Waals surface area (Å²) in [6.07, 6.45) is 2.81. The Morgan fingerprint density at radius 2 is 2.18 bits per heavy atom. The molecule has 4 nitrogen and oxygen atoms in total. The van der Waals surface area contributed by atoms with Gasteiger partial charge in [0.05, 0.1) is 0 Å². The molecular formula is C13H17N3O. The molecule has 0 fully saturated rings. The fourth-order valence-corrected chi connectivity index (χ4v) is 1.76. The standard InChI is InChI=1S/C13H17N3O/c1-14-6-2-7-16-13(17)11-4-3-10-5-8-15-12(10)9-11/h3-5,8-9,14-15H,2,6-7H2,1H3,(H,16,17). The Kier molecular flexibility index (Phi) is 3.77. The molecule has 0 atom stereocenters. The van der Waals surface area contributed by atoms with Gasteiger partial charge in [0.15, 0.2) is 0 Å². The number of hydrogen-bond acceptors (Lipinski definition) is 2. The van der Waals surface area contributed by atoms with Gasteiger partial charge in [-0.05, 0) is 43.6 Å². The van der Waals surface area contributed by atoms with Crippen LogP contribution in [0.1, 0.15) is 16.8 Å². The lowest BCUT2D eigenvalue weighted by Gasteiger charge is -2.05. The van der Waals surface area contributed by atoms with E-state index in [4.69, 9.17) is 0 Å². The van der Waals surface area contributed by atoms with Crippen molar-refractivity contribution in [3.05, 3.63) is 36.0 Å². The zero-order chi connectivity index (χ0) is 12.1. The summed E-state index contributed by atoms with van der Waals surface area (Å²) in [5.41, 5.74) is 1.69. The maximum Gasteiger partial charge on any atom is 0.251 e. The Labute approximate surface area is 100 Å². The van der Waals surface area contributed by atoms with E-state index in [1.54, 1.807) is 0 Å². The van der Waals surface area contributed by atoms with Crippen LogP contribution in [-0.2, 0) is 0 Å². The van der Waals surface area contributed by atoms with Crippen molar-refractivity contribution >= 4 is 16.8 Å². The van der Waals surface area contributed by atoms with Crippen molar-refractivity contribution in [3.8, 4) is 0 Å². The Hall–Kier alpha value is -1.81. The molecule has 0 bridgehead atoms. The molecule has 0 saturated carbocycles. The highest BCUT2D eigenvalue weighted by atomic mass is 16.1. The quantitative estimate of drug-likeness (QED) is 0.683. The Balaban J connectivity index is 1.98. The largest absolute Gasteiger partial charge is 0.361 e. The summed E-state index contributed by atoms with van der Waals surface area (Å²) < 4.78 is 0. The third kappa shape index (κ3) is 2.85. The van der Waals surface area contributed by atoms with Crippen molar-refractivity contribution in [2.24, 2.45) is 0 Å². The molecule has 2 rings (SSSR count). The average Bonchev–Trinajstić information content (AvgIpc) is 2.81. The summed E-state index contributed by atoms with van der Waals surface area (Å²) in [6.45, 7) is 1.61. The zero-order valence-electron chi connectivity index (χ0n) is 9.92. The molecular weight excluding hydrogens is 214 g/mol. The molecule has 2 aromatic rings. The lowest BCUT2D eigenvalue weighted by atomic mass is 10.1. The van der Waals surface area contributed by atoms with E-state index in [2.05, 4.69) is 15.6 Å². The monoisotopic (exact) mass is 231 g/mol. The third-order valence-corrected chi connectivity index (χ3v) is 2.71. The topological polar surface area (TPSA) is 56.9 Å². The molecule has 4 heteroatoms. The van der Waals surface area contributed by atoms with Gasteiger partial charge in [-0.15, -0.1) is 0 Å². The number of benzene rings is 1. The maximum atomic E-state index is 11.8. The number of carbonyl (C=O) groups is 1. The second kappa shape index (κ2) is 5.50. The predicted molar refractivity (Wildman–Crippen MR) is 69.2 cm³/mol.